The molecule has 0 atom stereocenters. The van der Waals surface area contributed by atoms with Crippen molar-refractivity contribution < 1.29 is 0 Å². The third-order valence-corrected chi connectivity index (χ3v) is 3.29. The van der Waals surface area contributed by atoms with E-state index < -0.39 is 0 Å². The second-order valence-corrected chi connectivity index (χ2v) is 4.28. The molecule has 4 heteroatoms. The summed E-state index contributed by atoms with van der Waals surface area (Å²) in [7, 11) is 0. The molecule has 2 N–H and O–H groups in total. The first-order chi connectivity index (χ1) is 7.25. The number of aromatic nitrogens is 3. The summed E-state index contributed by atoms with van der Waals surface area (Å²) in [4.78, 5) is 4.38. The molecule has 0 bridgehead atoms. The molecule has 2 aromatic rings. The van der Waals surface area contributed by atoms with Crippen LogP contribution in [0.4, 0.5) is 5.69 Å². The van der Waals surface area contributed by atoms with Gasteiger partial charge in [-0.25, -0.2) is 9.50 Å². The summed E-state index contributed by atoms with van der Waals surface area (Å²) in [6.45, 7) is 1.91. The van der Waals surface area contributed by atoms with E-state index in [4.69, 9.17) is 5.73 Å². The summed E-state index contributed by atoms with van der Waals surface area (Å²) < 4.78 is 1.80. The van der Waals surface area contributed by atoms with E-state index in [-0.39, 0.29) is 0 Å². The fourth-order valence-corrected chi connectivity index (χ4v) is 2.03. The van der Waals surface area contributed by atoms with Gasteiger partial charge in [0.15, 0.2) is 5.65 Å². The van der Waals surface area contributed by atoms with Crippen LogP contribution in [0.2, 0.25) is 0 Å². The van der Waals surface area contributed by atoms with Crippen LogP contribution in [0.1, 0.15) is 36.4 Å². The van der Waals surface area contributed by atoms with Crippen molar-refractivity contribution in [1.82, 2.24) is 14.6 Å². The Hall–Kier alpha value is -1.58. The van der Waals surface area contributed by atoms with Crippen molar-refractivity contribution in [1.29, 1.82) is 0 Å². The minimum atomic E-state index is 0.688. The van der Waals surface area contributed by atoms with Gasteiger partial charge in [-0.1, -0.05) is 6.42 Å². The van der Waals surface area contributed by atoms with E-state index in [1.165, 1.54) is 24.8 Å². The number of hydrogen-bond acceptors (Lipinski definition) is 3. The van der Waals surface area contributed by atoms with Gasteiger partial charge in [0.2, 0.25) is 0 Å². The van der Waals surface area contributed by atoms with Gasteiger partial charge < -0.3 is 5.73 Å². The van der Waals surface area contributed by atoms with E-state index in [1.807, 2.05) is 13.1 Å². The third kappa shape index (κ3) is 1.21. The van der Waals surface area contributed by atoms with Crippen LogP contribution in [0.15, 0.2) is 12.4 Å². The Morgan fingerprint density at radius 3 is 2.93 bits per heavy atom. The molecule has 1 aliphatic carbocycles. The standard InChI is InChI=1S/C11H14N4/c1-7-10(12)11-13-5-9(6-15(11)14-7)8-3-2-4-8/h5-6,8H,2-4,12H2,1H3. The lowest BCUT2D eigenvalue weighted by atomic mass is 9.81. The molecule has 4 nitrogen and oxygen atoms in total. The maximum absolute atomic E-state index is 5.87. The molecule has 0 aliphatic heterocycles. The lowest BCUT2D eigenvalue weighted by Crippen LogP contribution is -2.10. The van der Waals surface area contributed by atoms with E-state index in [9.17, 15) is 0 Å². The summed E-state index contributed by atoms with van der Waals surface area (Å²) in [5, 5.41) is 4.34. The second-order valence-electron chi connectivity index (χ2n) is 4.28. The van der Waals surface area contributed by atoms with Gasteiger partial charge in [0, 0.05) is 12.4 Å². The van der Waals surface area contributed by atoms with Gasteiger partial charge in [-0.15, -0.1) is 0 Å². The van der Waals surface area contributed by atoms with E-state index >= 15 is 0 Å². The van der Waals surface area contributed by atoms with Crippen molar-refractivity contribution in [2.45, 2.75) is 32.1 Å². The maximum Gasteiger partial charge on any atom is 0.178 e. The molecule has 1 fully saturated rings. The molecule has 0 saturated heterocycles. The van der Waals surface area contributed by atoms with Crippen LogP contribution in [0.5, 0.6) is 0 Å². The molecule has 2 heterocycles. The zero-order chi connectivity index (χ0) is 10.4. The lowest BCUT2D eigenvalue weighted by molar-refractivity contribution is 0.417. The average Bonchev–Trinajstić information content (AvgIpc) is 2.40. The first-order valence-corrected chi connectivity index (χ1v) is 5.36. The Bertz CT molecular complexity index is 511. The minimum absolute atomic E-state index is 0.688. The zero-order valence-corrected chi connectivity index (χ0v) is 8.77. The summed E-state index contributed by atoms with van der Waals surface area (Å²) in [5.74, 6) is 0.688. The van der Waals surface area contributed by atoms with Crippen molar-refractivity contribution >= 4 is 11.3 Å². The largest absolute Gasteiger partial charge is 0.394 e. The minimum Gasteiger partial charge on any atom is -0.394 e. The van der Waals surface area contributed by atoms with E-state index in [2.05, 4.69) is 16.3 Å². The number of anilines is 1. The predicted molar refractivity (Wildman–Crippen MR) is 58.7 cm³/mol. The Morgan fingerprint density at radius 2 is 2.27 bits per heavy atom. The van der Waals surface area contributed by atoms with Crippen molar-refractivity contribution in [3.05, 3.63) is 23.7 Å². The summed E-state index contributed by atoms with van der Waals surface area (Å²) >= 11 is 0. The zero-order valence-electron chi connectivity index (χ0n) is 8.77. The number of nitrogens with zero attached hydrogens (tertiary/aromatic N) is 3. The predicted octanol–water partition coefficient (Wildman–Crippen LogP) is 1.89. The van der Waals surface area contributed by atoms with Gasteiger partial charge in [0.05, 0.1) is 5.69 Å². The van der Waals surface area contributed by atoms with Crippen molar-refractivity contribution in [2.75, 3.05) is 5.73 Å². The van der Waals surface area contributed by atoms with Crippen LogP contribution < -0.4 is 5.73 Å². The molecule has 1 aliphatic rings. The molecule has 3 rings (SSSR count). The molecular formula is C11H14N4. The van der Waals surface area contributed by atoms with Crippen LogP contribution in [-0.4, -0.2) is 14.6 Å². The Balaban J connectivity index is 2.13. The monoisotopic (exact) mass is 202 g/mol. The van der Waals surface area contributed by atoms with Crippen LogP contribution in [-0.2, 0) is 0 Å². The lowest BCUT2D eigenvalue weighted by Gasteiger charge is -2.25. The average molecular weight is 202 g/mol. The van der Waals surface area contributed by atoms with Gasteiger partial charge in [0.1, 0.15) is 5.69 Å². The van der Waals surface area contributed by atoms with Crippen LogP contribution >= 0.6 is 0 Å². The van der Waals surface area contributed by atoms with E-state index in [1.54, 1.807) is 4.52 Å². The second kappa shape index (κ2) is 2.95. The molecular weight excluding hydrogens is 188 g/mol. The molecule has 0 spiro atoms. The SMILES string of the molecule is Cc1nn2cc(C3CCC3)cnc2c1N. The number of hydrogen-bond donors (Lipinski definition) is 1. The quantitative estimate of drug-likeness (QED) is 0.768. The highest BCUT2D eigenvalue weighted by atomic mass is 15.3. The topological polar surface area (TPSA) is 56.2 Å². The van der Waals surface area contributed by atoms with Crippen molar-refractivity contribution in [3.8, 4) is 0 Å². The van der Waals surface area contributed by atoms with Crippen molar-refractivity contribution in [3.63, 3.8) is 0 Å². The van der Waals surface area contributed by atoms with Gasteiger partial charge in [-0.05, 0) is 31.2 Å². The number of nitrogens with two attached hydrogens (primary N) is 1. The molecule has 15 heavy (non-hydrogen) atoms. The number of nitrogen functional groups attached to an aromatic ring is 1. The molecule has 78 valence electrons. The Labute approximate surface area is 88.1 Å². The van der Waals surface area contributed by atoms with Gasteiger partial charge in [-0.2, -0.15) is 5.10 Å². The van der Waals surface area contributed by atoms with E-state index in [0.717, 1.165) is 11.3 Å². The Kier molecular flexibility index (Phi) is 1.71. The van der Waals surface area contributed by atoms with Crippen LogP contribution in [0, 0.1) is 6.92 Å². The summed E-state index contributed by atoms with van der Waals surface area (Å²) in [5.41, 5.74) is 9.47. The first kappa shape index (κ1) is 8.71. The summed E-state index contributed by atoms with van der Waals surface area (Å²) in [6.07, 6.45) is 7.90. The maximum atomic E-state index is 5.87. The highest BCUT2D eigenvalue weighted by Gasteiger charge is 2.20. The smallest absolute Gasteiger partial charge is 0.178 e. The highest BCUT2D eigenvalue weighted by Crippen LogP contribution is 2.36. The van der Waals surface area contributed by atoms with Gasteiger partial charge in [0.25, 0.3) is 0 Å². The third-order valence-electron chi connectivity index (χ3n) is 3.29. The Morgan fingerprint density at radius 1 is 1.47 bits per heavy atom. The molecule has 0 amide bonds. The summed E-state index contributed by atoms with van der Waals surface area (Å²) in [6, 6.07) is 0. The van der Waals surface area contributed by atoms with Crippen molar-refractivity contribution in [2.24, 2.45) is 0 Å². The number of rotatable bonds is 1. The first-order valence-electron chi connectivity index (χ1n) is 5.36. The molecule has 0 unspecified atom stereocenters. The van der Waals surface area contributed by atoms with Crippen LogP contribution in [0.25, 0.3) is 5.65 Å². The van der Waals surface area contributed by atoms with Crippen LogP contribution in [0.3, 0.4) is 0 Å². The fraction of sp³-hybridized carbons (Fsp3) is 0.455. The molecule has 0 aromatic carbocycles. The molecule has 2 aromatic heterocycles. The normalized spacial score (nSPS) is 16.9. The molecule has 0 radical (unpaired) electrons. The van der Waals surface area contributed by atoms with Gasteiger partial charge >= 0.3 is 0 Å². The highest BCUT2D eigenvalue weighted by molar-refractivity contribution is 5.66. The van der Waals surface area contributed by atoms with E-state index in [0.29, 0.717) is 11.6 Å². The fourth-order valence-electron chi connectivity index (χ4n) is 2.03. The van der Waals surface area contributed by atoms with Gasteiger partial charge in [-0.3, -0.25) is 0 Å². The number of fused-ring (bicyclic) bond motifs is 1. The number of aryl methyl sites for hydroxylation is 1. The molecule has 1 saturated carbocycles.